The zero-order valence-electron chi connectivity index (χ0n) is 11.1. The number of hydrazine groups is 1. The van der Waals surface area contributed by atoms with Crippen LogP contribution >= 0.6 is 0 Å². The summed E-state index contributed by atoms with van der Waals surface area (Å²) in [4.78, 5) is 20.2. The highest BCUT2D eigenvalue weighted by Gasteiger charge is 2.12. The predicted molar refractivity (Wildman–Crippen MR) is 74.2 cm³/mol. The molecule has 6 heteroatoms. The Kier molecular flexibility index (Phi) is 3.91. The van der Waals surface area contributed by atoms with Crippen LogP contribution in [0.2, 0.25) is 0 Å². The van der Waals surface area contributed by atoms with E-state index >= 15 is 0 Å². The van der Waals surface area contributed by atoms with Gasteiger partial charge < -0.3 is 0 Å². The normalized spacial score (nSPS) is 10.5. The van der Waals surface area contributed by atoms with Crippen molar-refractivity contribution < 1.29 is 0 Å². The summed E-state index contributed by atoms with van der Waals surface area (Å²) in [5.74, 6) is 6.04. The van der Waals surface area contributed by atoms with E-state index in [1.807, 2.05) is 38.1 Å². The van der Waals surface area contributed by atoms with Crippen molar-refractivity contribution in [3.63, 3.8) is 0 Å². The number of anilines is 1. The molecule has 0 atom stereocenters. The molecule has 19 heavy (non-hydrogen) atoms. The first-order chi connectivity index (χ1) is 9.21. The molecule has 0 unspecified atom stereocenters. The van der Waals surface area contributed by atoms with E-state index in [2.05, 4.69) is 15.4 Å². The number of rotatable bonds is 4. The molecule has 0 radical (unpaired) electrons. The van der Waals surface area contributed by atoms with E-state index in [1.54, 1.807) is 4.57 Å². The average molecular weight is 259 g/mol. The second-order valence-electron chi connectivity index (χ2n) is 4.06. The van der Waals surface area contributed by atoms with Gasteiger partial charge in [0.1, 0.15) is 5.82 Å². The quantitative estimate of drug-likeness (QED) is 0.633. The fraction of sp³-hybridized carbons (Fsp3) is 0.308. The van der Waals surface area contributed by atoms with Crippen LogP contribution in [0.25, 0.3) is 5.69 Å². The van der Waals surface area contributed by atoms with Crippen LogP contribution in [-0.4, -0.2) is 14.5 Å². The van der Waals surface area contributed by atoms with Gasteiger partial charge in [-0.1, -0.05) is 32.0 Å². The molecule has 0 amide bonds. The molecule has 2 aromatic rings. The SMILES string of the molecule is CCc1ccccc1-n1c(CC)nc(NN)nc1=O. The van der Waals surface area contributed by atoms with Crippen molar-refractivity contribution >= 4 is 5.95 Å². The van der Waals surface area contributed by atoms with Crippen LogP contribution in [0.4, 0.5) is 5.95 Å². The predicted octanol–water partition coefficient (Wildman–Crippen LogP) is 1.04. The summed E-state index contributed by atoms with van der Waals surface area (Å²) < 4.78 is 1.54. The maximum atomic E-state index is 12.2. The Morgan fingerprint density at radius 3 is 2.58 bits per heavy atom. The fourth-order valence-electron chi connectivity index (χ4n) is 2.02. The molecule has 6 nitrogen and oxygen atoms in total. The zero-order chi connectivity index (χ0) is 13.8. The maximum absolute atomic E-state index is 12.2. The molecule has 0 fully saturated rings. The first kappa shape index (κ1) is 13.2. The Morgan fingerprint density at radius 2 is 1.95 bits per heavy atom. The molecule has 0 saturated heterocycles. The lowest BCUT2D eigenvalue weighted by molar-refractivity contribution is 0.763. The summed E-state index contributed by atoms with van der Waals surface area (Å²) in [6.45, 7) is 3.99. The number of nitrogen functional groups attached to an aromatic ring is 1. The number of nitrogens with one attached hydrogen (secondary N) is 1. The molecule has 0 spiro atoms. The third-order valence-electron chi connectivity index (χ3n) is 2.94. The molecule has 0 bridgehead atoms. The summed E-state index contributed by atoms with van der Waals surface area (Å²) in [5, 5.41) is 0. The molecule has 3 N–H and O–H groups in total. The molecule has 0 aliphatic rings. The van der Waals surface area contributed by atoms with Gasteiger partial charge in [-0.15, -0.1) is 0 Å². The van der Waals surface area contributed by atoms with Crippen LogP contribution in [0.3, 0.4) is 0 Å². The van der Waals surface area contributed by atoms with E-state index in [0.29, 0.717) is 12.2 Å². The smallest absolute Gasteiger partial charge is 0.292 e. The Hall–Kier alpha value is -2.21. The minimum atomic E-state index is -0.374. The van der Waals surface area contributed by atoms with Gasteiger partial charge in [0.2, 0.25) is 5.95 Å². The number of nitrogens with zero attached hydrogens (tertiary/aromatic N) is 3. The van der Waals surface area contributed by atoms with Crippen LogP contribution in [-0.2, 0) is 12.8 Å². The van der Waals surface area contributed by atoms with Gasteiger partial charge in [0.15, 0.2) is 0 Å². The van der Waals surface area contributed by atoms with Crippen molar-refractivity contribution in [3.8, 4) is 5.69 Å². The molecular formula is C13H17N5O. The van der Waals surface area contributed by atoms with Gasteiger partial charge in [-0.05, 0) is 18.1 Å². The molecule has 1 aromatic carbocycles. The van der Waals surface area contributed by atoms with Crippen molar-refractivity contribution in [2.45, 2.75) is 26.7 Å². The number of para-hydroxylation sites is 1. The maximum Gasteiger partial charge on any atom is 0.356 e. The highest BCUT2D eigenvalue weighted by molar-refractivity contribution is 5.42. The number of nitrogens with two attached hydrogens (primary N) is 1. The fourth-order valence-corrected chi connectivity index (χ4v) is 2.02. The standard InChI is InChI=1S/C13H17N5O/c1-3-9-7-5-6-8-10(9)18-11(4-2)15-12(17-14)16-13(18)19/h5-8H,3-4,14H2,1-2H3,(H,16,17,19). The van der Waals surface area contributed by atoms with E-state index < -0.39 is 0 Å². The van der Waals surface area contributed by atoms with Gasteiger partial charge in [-0.25, -0.2) is 15.2 Å². The van der Waals surface area contributed by atoms with Crippen molar-refractivity contribution in [1.29, 1.82) is 0 Å². The largest absolute Gasteiger partial charge is 0.356 e. The number of aromatic nitrogens is 3. The third kappa shape index (κ3) is 2.48. The van der Waals surface area contributed by atoms with Gasteiger partial charge in [0.25, 0.3) is 0 Å². The van der Waals surface area contributed by atoms with Crippen LogP contribution in [0.5, 0.6) is 0 Å². The minimum absolute atomic E-state index is 0.145. The number of benzene rings is 1. The Labute approximate surface area is 111 Å². The van der Waals surface area contributed by atoms with Gasteiger partial charge in [-0.3, -0.25) is 5.43 Å². The van der Waals surface area contributed by atoms with Crippen LogP contribution < -0.4 is 17.0 Å². The second kappa shape index (κ2) is 5.62. The zero-order valence-corrected chi connectivity index (χ0v) is 11.1. The molecule has 0 aliphatic carbocycles. The Morgan fingerprint density at radius 1 is 1.21 bits per heavy atom. The minimum Gasteiger partial charge on any atom is -0.292 e. The molecular weight excluding hydrogens is 242 g/mol. The highest BCUT2D eigenvalue weighted by atomic mass is 16.1. The third-order valence-corrected chi connectivity index (χ3v) is 2.94. The van der Waals surface area contributed by atoms with Gasteiger partial charge >= 0.3 is 5.69 Å². The summed E-state index contributed by atoms with van der Waals surface area (Å²) in [6, 6.07) is 7.75. The number of aryl methyl sites for hydroxylation is 2. The molecule has 2 rings (SSSR count). The monoisotopic (exact) mass is 259 g/mol. The van der Waals surface area contributed by atoms with Gasteiger partial charge in [-0.2, -0.15) is 9.97 Å². The first-order valence-corrected chi connectivity index (χ1v) is 6.26. The molecule has 1 aromatic heterocycles. The molecule has 100 valence electrons. The van der Waals surface area contributed by atoms with Crippen LogP contribution in [0.15, 0.2) is 29.1 Å². The lowest BCUT2D eigenvalue weighted by atomic mass is 10.1. The van der Waals surface area contributed by atoms with E-state index in [0.717, 1.165) is 17.7 Å². The number of hydrogen-bond acceptors (Lipinski definition) is 5. The molecule has 0 saturated carbocycles. The van der Waals surface area contributed by atoms with Crippen molar-refractivity contribution in [1.82, 2.24) is 14.5 Å². The van der Waals surface area contributed by atoms with E-state index in [9.17, 15) is 4.79 Å². The lowest BCUT2D eigenvalue weighted by Crippen LogP contribution is -2.29. The lowest BCUT2D eigenvalue weighted by Gasteiger charge is -2.14. The summed E-state index contributed by atoms with van der Waals surface area (Å²) in [5.41, 5.74) is 3.85. The van der Waals surface area contributed by atoms with Gasteiger partial charge in [0.05, 0.1) is 5.69 Å². The van der Waals surface area contributed by atoms with Crippen LogP contribution in [0.1, 0.15) is 25.2 Å². The van der Waals surface area contributed by atoms with E-state index in [-0.39, 0.29) is 11.6 Å². The van der Waals surface area contributed by atoms with E-state index in [4.69, 9.17) is 5.84 Å². The van der Waals surface area contributed by atoms with Crippen molar-refractivity contribution in [2.75, 3.05) is 5.43 Å². The molecule has 0 aliphatic heterocycles. The number of hydrogen-bond donors (Lipinski definition) is 2. The average Bonchev–Trinajstić information content (AvgIpc) is 2.46. The van der Waals surface area contributed by atoms with Crippen LogP contribution in [0, 0.1) is 0 Å². The topological polar surface area (TPSA) is 85.8 Å². The Bertz CT molecular complexity index is 635. The first-order valence-electron chi connectivity index (χ1n) is 6.26. The summed E-state index contributed by atoms with van der Waals surface area (Å²) in [6.07, 6.45) is 1.45. The molecule has 1 heterocycles. The Balaban J connectivity index is 2.71. The van der Waals surface area contributed by atoms with Crippen molar-refractivity contribution in [2.24, 2.45) is 5.84 Å². The van der Waals surface area contributed by atoms with E-state index in [1.165, 1.54) is 0 Å². The van der Waals surface area contributed by atoms with Gasteiger partial charge in [0, 0.05) is 6.42 Å². The summed E-state index contributed by atoms with van der Waals surface area (Å²) in [7, 11) is 0. The van der Waals surface area contributed by atoms with Crippen molar-refractivity contribution in [3.05, 3.63) is 46.1 Å². The summed E-state index contributed by atoms with van der Waals surface area (Å²) >= 11 is 0. The highest BCUT2D eigenvalue weighted by Crippen LogP contribution is 2.15. The second-order valence-corrected chi connectivity index (χ2v) is 4.06.